The molecule has 3 rings (SSSR count). The highest BCUT2D eigenvalue weighted by molar-refractivity contribution is 5.64. The van der Waals surface area contributed by atoms with Crippen LogP contribution in [0.2, 0.25) is 0 Å². The highest BCUT2D eigenvalue weighted by Crippen LogP contribution is 2.54. The van der Waals surface area contributed by atoms with Crippen LogP contribution in [0.3, 0.4) is 0 Å². The van der Waals surface area contributed by atoms with Crippen molar-refractivity contribution in [1.29, 1.82) is 0 Å². The molecule has 0 bridgehead atoms. The van der Waals surface area contributed by atoms with E-state index in [-0.39, 0.29) is 27.1 Å². The first-order valence-corrected chi connectivity index (χ1v) is 15.5. The number of fused-ring (bicyclic) bond motifs is 2. The maximum absolute atomic E-state index is 6.85. The Hall–Kier alpha value is -2.16. The maximum Gasteiger partial charge on any atom is 0.132 e. The van der Waals surface area contributed by atoms with Crippen LogP contribution in [0.15, 0.2) is 24.3 Å². The van der Waals surface area contributed by atoms with Gasteiger partial charge in [-0.05, 0) is 71.6 Å². The first kappa shape index (κ1) is 32.4. The Morgan fingerprint density at radius 2 is 0.950 bits per heavy atom. The zero-order valence-electron chi connectivity index (χ0n) is 28.3. The van der Waals surface area contributed by atoms with Gasteiger partial charge in [-0.3, -0.25) is 0 Å². The molecule has 0 unspecified atom stereocenters. The van der Waals surface area contributed by atoms with Crippen LogP contribution >= 0.6 is 0 Å². The van der Waals surface area contributed by atoms with E-state index >= 15 is 0 Å². The summed E-state index contributed by atoms with van der Waals surface area (Å²) in [5, 5.41) is 0. The van der Waals surface area contributed by atoms with Gasteiger partial charge in [0.25, 0.3) is 0 Å². The molecule has 0 amide bonds. The molecule has 0 atom stereocenters. The predicted molar refractivity (Wildman–Crippen MR) is 171 cm³/mol. The molecule has 3 heteroatoms. The molecule has 0 saturated carbocycles. The highest BCUT2D eigenvalue weighted by atomic mass is 16.5. The molecule has 224 valence electrons. The molecule has 0 aliphatic carbocycles. The molecule has 0 radical (unpaired) electrons. The van der Waals surface area contributed by atoms with Crippen LogP contribution < -0.4 is 14.2 Å². The van der Waals surface area contributed by atoms with Crippen molar-refractivity contribution in [2.45, 2.75) is 139 Å². The summed E-state index contributed by atoms with van der Waals surface area (Å²) < 4.78 is 19.7. The van der Waals surface area contributed by atoms with E-state index in [4.69, 9.17) is 14.2 Å². The third-order valence-electron chi connectivity index (χ3n) is 8.06. The summed E-state index contributed by atoms with van der Waals surface area (Å²) in [5.74, 6) is 3.86. The van der Waals surface area contributed by atoms with E-state index in [1.165, 1.54) is 22.3 Å². The summed E-state index contributed by atoms with van der Waals surface area (Å²) in [7, 11) is 0. The van der Waals surface area contributed by atoms with Gasteiger partial charge in [0.15, 0.2) is 0 Å². The minimum absolute atomic E-state index is 0.0676. The van der Waals surface area contributed by atoms with E-state index in [2.05, 4.69) is 121 Å². The third-order valence-corrected chi connectivity index (χ3v) is 8.06. The summed E-state index contributed by atoms with van der Waals surface area (Å²) in [5.41, 5.74) is 4.78. The molecule has 2 aromatic rings. The predicted octanol–water partition coefficient (Wildman–Crippen LogP) is 11.1. The second kappa shape index (κ2) is 11.3. The van der Waals surface area contributed by atoms with Crippen LogP contribution in [0.1, 0.15) is 145 Å². The number of rotatable bonds is 10. The lowest BCUT2D eigenvalue weighted by atomic mass is 9.69. The smallest absolute Gasteiger partial charge is 0.132 e. The van der Waals surface area contributed by atoms with Gasteiger partial charge >= 0.3 is 0 Å². The van der Waals surface area contributed by atoms with Crippen LogP contribution in [0.25, 0.3) is 0 Å². The van der Waals surface area contributed by atoms with Gasteiger partial charge in [-0.15, -0.1) is 0 Å². The van der Waals surface area contributed by atoms with E-state index < -0.39 is 0 Å². The van der Waals surface area contributed by atoms with Crippen LogP contribution in [0.4, 0.5) is 0 Å². The van der Waals surface area contributed by atoms with Crippen molar-refractivity contribution in [3.8, 4) is 23.0 Å². The van der Waals surface area contributed by atoms with Gasteiger partial charge in [0.05, 0.1) is 13.2 Å². The molecule has 0 N–H and O–H groups in total. The Morgan fingerprint density at radius 3 is 1.25 bits per heavy atom. The Balaban J connectivity index is 2.23. The van der Waals surface area contributed by atoms with Crippen molar-refractivity contribution < 1.29 is 14.2 Å². The summed E-state index contributed by atoms with van der Waals surface area (Å²) in [6.45, 7) is 33.6. The summed E-state index contributed by atoms with van der Waals surface area (Å²) >= 11 is 0. The second-order valence-corrected chi connectivity index (χ2v) is 16.4. The first-order valence-electron chi connectivity index (χ1n) is 15.5. The lowest BCUT2D eigenvalue weighted by Crippen LogP contribution is -2.29. The van der Waals surface area contributed by atoms with Crippen LogP contribution in [-0.4, -0.2) is 13.2 Å². The quantitative estimate of drug-likeness (QED) is 0.294. The third kappa shape index (κ3) is 7.18. The molecule has 40 heavy (non-hydrogen) atoms. The fraction of sp³-hybridized carbons (Fsp3) is 0.676. The Bertz CT molecular complexity index is 1090. The van der Waals surface area contributed by atoms with Gasteiger partial charge in [0.2, 0.25) is 0 Å². The van der Waals surface area contributed by atoms with E-state index in [1.807, 2.05) is 0 Å². The lowest BCUT2D eigenvalue weighted by Gasteiger charge is -2.40. The number of benzene rings is 2. The average Bonchev–Trinajstić information content (AvgIpc) is 2.78. The van der Waals surface area contributed by atoms with Gasteiger partial charge < -0.3 is 14.2 Å². The number of hydrogen-bond acceptors (Lipinski definition) is 3. The van der Waals surface area contributed by atoms with Crippen molar-refractivity contribution in [2.75, 3.05) is 13.2 Å². The van der Waals surface area contributed by atoms with Gasteiger partial charge in [0, 0.05) is 27.7 Å². The molecule has 2 aromatic carbocycles. The van der Waals surface area contributed by atoms with E-state index in [1.54, 1.807) is 0 Å². The van der Waals surface area contributed by atoms with Crippen LogP contribution in [0.5, 0.6) is 23.0 Å². The molecular weight excluding hydrogens is 492 g/mol. The zero-order valence-corrected chi connectivity index (χ0v) is 28.3. The summed E-state index contributed by atoms with van der Waals surface area (Å²) in [6.07, 6.45) is 4.05. The SMILES string of the molecule is CCCOc1cc2c(cc1C(C)(C)CC(C)(C)C)Oc1cc(C(C)(C)CC(C)(C)C)c(OCCC)cc1C2(C)C. The van der Waals surface area contributed by atoms with Crippen molar-refractivity contribution in [3.05, 3.63) is 46.5 Å². The van der Waals surface area contributed by atoms with Crippen molar-refractivity contribution in [3.63, 3.8) is 0 Å². The topological polar surface area (TPSA) is 27.7 Å². The first-order chi connectivity index (χ1) is 18.2. The van der Waals surface area contributed by atoms with Gasteiger partial charge in [-0.2, -0.15) is 0 Å². The molecule has 0 spiro atoms. The average molecular weight is 551 g/mol. The molecule has 1 heterocycles. The van der Waals surface area contributed by atoms with Crippen LogP contribution in [0, 0.1) is 10.8 Å². The normalized spacial score (nSPS) is 15.2. The number of hydrogen-bond donors (Lipinski definition) is 0. The van der Waals surface area contributed by atoms with Gasteiger partial charge in [-0.25, -0.2) is 0 Å². The molecule has 0 saturated heterocycles. The standard InChI is InChI=1S/C37H58O3/c1-15-17-38-29-21-27-31(19-25(29)35(9,10)23-33(3,4)5)40-32-20-26(36(11,12)24-34(6,7)8)30(39-18-16-2)22-28(32)37(27,13)14/h19-22H,15-18,23-24H2,1-14H3. The monoisotopic (exact) mass is 550 g/mol. The second-order valence-electron chi connectivity index (χ2n) is 16.4. The van der Waals surface area contributed by atoms with Crippen LogP contribution in [-0.2, 0) is 16.2 Å². The highest BCUT2D eigenvalue weighted by Gasteiger charge is 2.40. The molecule has 1 aliphatic rings. The Morgan fingerprint density at radius 1 is 0.600 bits per heavy atom. The fourth-order valence-electron chi connectivity index (χ4n) is 7.09. The minimum Gasteiger partial charge on any atom is -0.493 e. The van der Waals surface area contributed by atoms with Crippen molar-refractivity contribution >= 4 is 0 Å². The number of ether oxygens (including phenoxy) is 3. The molecule has 1 aliphatic heterocycles. The van der Waals surface area contributed by atoms with Crippen molar-refractivity contribution in [1.82, 2.24) is 0 Å². The minimum atomic E-state index is -0.267. The summed E-state index contributed by atoms with van der Waals surface area (Å²) in [4.78, 5) is 0. The fourth-order valence-corrected chi connectivity index (χ4v) is 7.09. The van der Waals surface area contributed by atoms with Gasteiger partial charge in [0.1, 0.15) is 23.0 Å². The van der Waals surface area contributed by atoms with Gasteiger partial charge in [-0.1, -0.05) is 96.9 Å². The lowest BCUT2D eigenvalue weighted by molar-refractivity contribution is 0.263. The molecule has 0 fully saturated rings. The van der Waals surface area contributed by atoms with E-state index in [9.17, 15) is 0 Å². The Kier molecular flexibility index (Phi) is 9.10. The Labute approximate surface area is 246 Å². The van der Waals surface area contributed by atoms with E-state index in [0.717, 1.165) is 48.7 Å². The van der Waals surface area contributed by atoms with E-state index in [0.29, 0.717) is 13.2 Å². The molecule has 3 nitrogen and oxygen atoms in total. The molecular formula is C37H58O3. The molecule has 0 aromatic heterocycles. The zero-order chi connectivity index (χ0) is 30.3. The summed E-state index contributed by atoms with van der Waals surface area (Å²) in [6, 6.07) is 9.08. The maximum atomic E-state index is 6.85. The van der Waals surface area contributed by atoms with Crippen molar-refractivity contribution in [2.24, 2.45) is 10.8 Å². The largest absolute Gasteiger partial charge is 0.493 e.